The number of rotatable bonds is 5. The summed E-state index contributed by atoms with van der Waals surface area (Å²) in [6.07, 6.45) is -14.6. The lowest BCUT2D eigenvalue weighted by Crippen LogP contribution is -2.59. The molecular weight excluding hydrogens is 621 g/mol. The molecule has 4 rings (SSSR count). The zero-order valence-corrected chi connectivity index (χ0v) is 23.5. The van der Waals surface area contributed by atoms with E-state index in [9.17, 15) is 36.2 Å². The minimum atomic E-state index is -6.15. The number of alkyl halides is 6. The minimum absolute atomic E-state index is 0.0211. The molecule has 0 fully saturated rings. The number of pyridine rings is 1. The second kappa shape index (κ2) is 10.8. The molecule has 0 bridgehead atoms. The number of aliphatic hydroxyl groups is 1. The van der Waals surface area contributed by atoms with Gasteiger partial charge in [0.15, 0.2) is 0 Å². The van der Waals surface area contributed by atoms with Crippen LogP contribution in [0.2, 0.25) is 15.1 Å². The van der Waals surface area contributed by atoms with Gasteiger partial charge in [0.2, 0.25) is 11.8 Å². The van der Waals surface area contributed by atoms with E-state index in [1.54, 1.807) is 56.3 Å². The SMILES string of the molecule is CC1(C)C[C@H](NC(=O)CC(O)(C(F)(F)F)C(F)(F)F)c2cc(-c3ccc(Cl)cc3)c(-c3ccc(Cl)cc3Cl)nc2O1. The van der Waals surface area contributed by atoms with Crippen LogP contribution in [-0.2, 0) is 4.79 Å². The topological polar surface area (TPSA) is 71.5 Å². The monoisotopic (exact) mass is 640 g/mol. The van der Waals surface area contributed by atoms with Crippen LogP contribution in [0.15, 0.2) is 48.5 Å². The normalized spacial score (nSPS) is 17.0. The fourth-order valence-electron chi connectivity index (χ4n) is 4.45. The number of hydrogen-bond acceptors (Lipinski definition) is 4. The molecule has 1 amide bonds. The first kappa shape index (κ1) is 31.2. The Morgan fingerprint density at radius 2 is 1.56 bits per heavy atom. The molecule has 0 saturated carbocycles. The highest BCUT2D eigenvalue weighted by Crippen LogP contribution is 2.47. The number of fused-ring (bicyclic) bond motifs is 1. The maximum Gasteiger partial charge on any atom is 0.426 e. The molecule has 3 aromatic rings. The summed E-state index contributed by atoms with van der Waals surface area (Å²) in [5, 5.41) is 12.8. The van der Waals surface area contributed by atoms with Crippen LogP contribution in [0.1, 0.15) is 38.3 Å². The third-order valence-corrected chi connectivity index (χ3v) is 7.29. The van der Waals surface area contributed by atoms with Crippen LogP contribution in [0, 0.1) is 0 Å². The van der Waals surface area contributed by atoms with Gasteiger partial charge in [-0.15, -0.1) is 0 Å². The van der Waals surface area contributed by atoms with Gasteiger partial charge >= 0.3 is 12.4 Å². The first-order valence-corrected chi connectivity index (χ1v) is 13.1. The largest absolute Gasteiger partial charge is 0.471 e. The predicted molar refractivity (Wildman–Crippen MR) is 142 cm³/mol. The molecule has 5 nitrogen and oxygen atoms in total. The molecule has 2 heterocycles. The molecule has 1 aliphatic rings. The van der Waals surface area contributed by atoms with E-state index in [0.29, 0.717) is 32.4 Å². The van der Waals surface area contributed by atoms with Gasteiger partial charge in [-0.2, -0.15) is 26.3 Å². The van der Waals surface area contributed by atoms with Gasteiger partial charge < -0.3 is 15.2 Å². The Kier molecular flexibility index (Phi) is 8.25. The number of amides is 1. The third kappa shape index (κ3) is 6.38. The van der Waals surface area contributed by atoms with Gasteiger partial charge in [-0.3, -0.25) is 4.79 Å². The molecule has 0 spiro atoms. The fraction of sp³-hybridized carbons (Fsp3) is 0.333. The molecule has 41 heavy (non-hydrogen) atoms. The van der Waals surface area contributed by atoms with Crippen molar-refractivity contribution in [1.29, 1.82) is 0 Å². The highest BCUT2D eigenvalue weighted by molar-refractivity contribution is 6.36. The zero-order chi connectivity index (χ0) is 30.5. The second-order valence-corrected chi connectivity index (χ2v) is 11.4. The highest BCUT2D eigenvalue weighted by atomic mass is 35.5. The fourth-order valence-corrected chi connectivity index (χ4v) is 5.08. The summed E-state index contributed by atoms with van der Waals surface area (Å²) in [5.41, 5.74) is -4.27. The number of halogens is 9. The van der Waals surface area contributed by atoms with Crippen LogP contribution in [0.4, 0.5) is 26.3 Å². The number of aromatic nitrogens is 1. The van der Waals surface area contributed by atoms with Crippen molar-refractivity contribution in [2.45, 2.75) is 56.3 Å². The van der Waals surface area contributed by atoms with E-state index >= 15 is 0 Å². The smallest absolute Gasteiger partial charge is 0.426 e. The number of carbonyl (C=O) groups excluding carboxylic acids is 1. The van der Waals surface area contributed by atoms with Crippen molar-refractivity contribution in [2.24, 2.45) is 0 Å². The number of carbonyl (C=O) groups is 1. The summed E-state index contributed by atoms with van der Waals surface area (Å²) in [6.45, 7) is 3.22. The van der Waals surface area contributed by atoms with Gasteiger partial charge in [-0.1, -0.05) is 46.9 Å². The van der Waals surface area contributed by atoms with Gasteiger partial charge in [-0.05, 0) is 55.8 Å². The van der Waals surface area contributed by atoms with E-state index in [4.69, 9.17) is 39.5 Å². The van der Waals surface area contributed by atoms with Crippen molar-refractivity contribution in [2.75, 3.05) is 0 Å². The average Bonchev–Trinajstić information content (AvgIpc) is 2.82. The zero-order valence-electron chi connectivity index (χ0n) is 21.2. The van der Waals surface area contributed by atoms with Crippen LogP contribution >= 0.6 is 34.8 Å². The lowest BCUT2D eigenvalue weighted by atomic mass is 9.88. The number of nitrogens with zero attached hydrogens (tertiary/aromatic N) is 1. The first-order chi connectivity index (χ1) is 18.8. The van der Waals surface area contributed by atoms with Crippen LogP contribution in [0.5, 0.6) is 5.88 Å². The number of ether oxygens (including phenoxy) is 1. The van der Waals surface area contributed by atoms with Gasteiger partial charge in [0.25, 0.3) is 5.60 Å². The first-order valence-electron chi connectivity index (χ1n) is 11.9. The molecule has 1 aromatic heterocycles. The van der Waals surface area contributed by atoms with E-state index < -0.39 is 41.9 Å². The van der Waals surface area contributed by atoms with Crippen molar-refractivity contribution < 1.29 is 41.0 Å². The van der Waals surface area contributed by atoms with Crippen LogP contribution in [0.3, 0.4) is 0 Å². The Morgan fingerprint density at radius 1 is 0.976 bits per heavy atom. The highest BCUT2D eigenvalue weighted by Gasteiger charge is 2.71. The van der Waals surface area contributed by atoms with Crippen molar-refractivity contribution in [1.82, 2.24) is 10.3 Å². The standard InChI is InChI=1S/C27H21Cl3F6N2O3/c1-24(2)11-20(37-21(39)12-25(40,26(31,32)33)27(34,35)36)18-10-17(13-3-5-14(28)6-4-13)22(38-23(18)41-24)16-8-7-15(29)9-19(16)30/h3-10,20,40H,11-12H2,1-2H3,(H,37,39)/t20-/m0/s1. The maximum absolute atomic E-state index is 13.2. The van der Waals surface area contributed by atoms with Gasteiger partial charge in [-0.25, -0.2) is 4.98 Å². The molecule has 0 saturated heterocycles. The number of hydrogen-bond donors (Lipinski definition) is 2. The summed E-state index contributed by atoms with van der Waals surface area (Å²) < 4.78 is 85.4. The average molecular weight is 642 g/mol. The van der Waals surface area contributed by atoms with Crippen molar-refractivity contribution in [3.05, 3.63) is 69.2 Å². The molecule has 0 unspecified atom stereocenters. The Balaban J connectivity index is 1.83. The molecule has 220 valence electrons. The molecule has 2 N–H and O–H groups in total. The molecule has 2 aromatic carbocycles. The Labute approximate surface area is 245 Å². The van der Waals surface area contributed by atoms with E-state index in [1.807, 2.05) is 0 Å². The molecule has 14 heteroatoms. The molecule has 1 atom stereocenters. The summed E-state index contributed by atoms with van der Waals surface area (Å²) in [7, 11) is 0. The maximum atomic E-state index is 13.2. The van der Waals surface area contributed by atoms with E-state index in [2.05, 4.69) is 10.3 Å². The van der Waals surface area contributed by atoms with E-state index in [1.165, 1.54) is 6.07 Å². The summed E-state index contributed by atoms with van der Waals surface area (Å²) in [6, 6.07) is 11.7. The predicted octanol–water partition coefficient (Wildman–Crippen LogP) is 8.34. The second-order valence-electron chi connectivity index (χ2n) is 10.1. The number of nitrogens with one attached hydrogen (secondary N) is 1. The third-order valence-electron chi connectivity index (χ3n) is 6.49. The summed E-state index contributed by atoms with van der Waals surface area (Å²) in [4.78, 5) is 17.3. The van der Waals surface area contributed by atoms with Gasteiger partial charge in [0.05, 0.1) is 23.2 Å². The quantitative estimate of drug-likeness (QED) is 0.275. The Bertz CT molecular complexity index is 1460. The number of benzene rings is 2. The summed E-state index contributed by atoms with van der Waals surface area (Å²) in [5.74, 6) is -1.69. The van der Waals surface area contributed by atoms with Crippen molar-refractivity contribution in [3.63, 3.8) is 0 Å². The van der Waals surface area contributed by atoms with Crippen LogP contribution in [0.25, 0.3) is 22.4 Å². The lowest BCUT2D eigenvalue weighted by Gasteiger charge is -2.38. The molecular formula is C27H21Cl3F6N2O3. The Hall–Kier alpha value is -2.73. The van der Waals surface area contributed by atoms with Crippen LogP contribution < -0.4 is 10.1 Å². The van der Waals surface area contributed by atoms with Gasteiger partial charge in [0.1, 0.15) is 5.60 Å². The Morgan fingerprint density at radius 3 is 2.12 bits per heavy atom. The van der Waals surface area contributed by atoms with Crippen LogP contribution in [-0.4, -0.2) is 39.6 Å². The van der Waals surface area contributed by atoms with E-state index in [-0.39, 0.29) is 22.9 Å². The summed E-state index contributed by atoms with van der Waals surface area (Å²) >= 11 is 18.6. The molecule has 0 radical (unpaired) electrons. The molecule has 0 aliphatic carbocycles. The van der Waals surface area contributed by atoms with Gasteiger partial charge in [0, 0.05) is 33.2 Å². The van der Waals surface area contributed by atoms with E-state index in [0.717, 1.165) is 0 Å². The minimum Gasteiger partial charge on any atom is -0.471 e. The molecule has 1 aliphatic heterocycles. The van der Waals surface area contributed by atoms with Crippen molar-refractivity contribution in [3.8, 4) is 28.3 Å². The lowest BCUT2D eigenvalue weighted by molar-refractivity contribution is -0.367. The van der Waals surface area contributed by atoms with Crippen molar-refractivity contribution >= 4 is 40.7 Å².